The highest BCUT2D eigenvalue weighted by Gasteiger charge is 2.29. The number of nitrogens with two attached hydrogens (primary N) is 1. The lowest BCUT2D eigenvalue weighted by molar-refractivity contribution is -0.145. The average molecular weight is 908 g/mol. The number of nitrogen functional groups attached to an aromatic ring is 1. The van der Waals surface area contributed by atoms with Crippen LogP contribution in [0.4, 0.5) is 14.5 Å². The average Bonchev–Trinajstić information content (AvgIpc) is 3.70. The van der Waals surface area contributed by atoms with E-state index in [1.807, 2.05) is 37.3 Å². The summed E-state index contributed by atoms with van der Waals surface area (Å²) in [6.07, 6.45) is 1.31. The summed E-state index contributed by atoms with van der Waals surface area (Å²) >= 11 is 8.19. The molecule has 3 N–H and O–H groups in total. The Kier molecular flexibility index (Phi) is 13.5. The number of benzene rings is 4. The van der Waals surface area contributed by atoms with Gasteiger partial charge in [0.2, 0.25) is 12.0 Å². The van der Waals surface area contributed by atoms with Gasteiger partial charge < -0.3 is 34.7 Å². The van der Waals surface area contributed by atoms with Gasteiger partial charge in [-0.15, -0.1) is 11.3 Å². The normalized spacial score (nSPS) is 13.8. The number of piperazine rings is 1. The number of nitrogens with zero attached hydrogens (tertiary/aromatic N) is 6. The number of aromatic nitrogens is 4. The number of carbonyl (C=O) groups is 1. The lowest BCUT2D eigenvalue weighted by Crippen LogP contribution is -2.45. The minimum atomic E-state index is -1.46. The topological polar surface area (TPSA) is 158 Å². The SMILES string of the molecule is COc1ccccc1-c1nccc(COc2ccccc2CC(Oc2ncnc3sc(-c4cc(N)c(F)c(F)c4)c(-c4ccc(OCCN5CCN(C)CC5)c(Cl)c4C)c23)C(=O)O)n1. The summed E-state index contributed by atoms with van der Waals surface area (Å²) in [7, 11) is 3.68. The molecule has 3 aromatic heterocycles. The number of rotatable bonds is 16. The predicted molar refractivity (Wildman–Crippen MR) is 242 cm³/mol. The molecule has 64 heavy (non-hydrogen) atoms. The van der Waals surface area contributed by atoms with Crippen molar-refractivity contribution in [3.63, 3.8) is 0 Å². The second-order valence-electron chi connectivity index (χ2n) is 15.2. The monoisotopic (exact) mass is 907 g/mol. The maximum absolute atomic E-state index is 15.0. The number of hydrogen-bond donors (Lipinski definition) is 2. The van der Waals surface area contributed by atoms with E-state index < -0.39 is 23.7 Å². The van der Waals surface area contributed by atoms with Gasteiger partial charge in [-0.05, 0) is 78.7 Å². The Morgan fingerprint density at radius 1 is 0.938 bits per heavy atom. The van der Waals surface area contributed by atoms with Crippen molar-refractivity contribution in [2.75, 3.05) is 59.2 Å². The van der Waals surface area contributed by atoms with Crippen molar-refractivity contribution >= 4 is 44.8 Å². The van der Waals surface area contributed by atoms with Gasteiger partial charge >= 0.3 is 5.97 Å². The summed E-state index contributed by atoms with van der Waals surface area (Å²) in [5.74, 6) is -1.62. The number of thiophene rings is 1. The number of para-hydroxylation sites is 2. The van der Waals surface area contributed by atoms with Crippen molar-refractivity contribution in [1.29, 1.82) is 0 Å². The Morgan fingerprint density at radius 3 is 2.47 bits per heavy atom. The van der Waals surface area contributed by atoms with E-state index in [1.54, 1.807) is 49.7 Å². The molecule has 0 bridgehead atoms. The fourth-order valence-corrected chi connectivity index (χ4v) is 8.86. The van der Waals surface area contributed by atoms with Crippen LogP contribution in [0.5, 0.6) is 23.1 Å². The van der Waals surface area contributed by atoms with Crippen LogP contribution in [0.2, 0.25) is 5.02 Å². The maximum Gasteiger partial charge on any atom is 0.345 e. The minimum absolute atomic E-state index is 0.0447. The van der Waals surface area contributed by atoms with Gasteiger partial charge in [0, 0.05) is 55.8 Å². The van der Waals surface area contributed by atoms with E-state index in [1.165, 1.54) is 12.4 Å². The standard InChI is InChI=1S/C47H44ClF2N7O6S/c1-27-31(12-13-37(41(27)48)61-21-20-57-18-16-56(2)17-19-57)39-40-45(53-26-54-46(40)64-43(39)29-22-33(49)42(50)34(51)23-29)63-38(47(58)59)24-28-8-4-6-10-35(28)62-25-30-14-15-52-44(55-30)32-9-5-7-11-36(32)60-3/h4-15,22-23,26,38H,16-21,24-25,51H2,1-3H3,(H,58,59). The number of aliphatic carboxylic acids is 1. The van der Waals surface area contributed by atoms with Crippen molar-refractivity contribution < 1.29 is 37.6 Å². The van der Waals surface area contributed by atoms with E-state index in [0.717, 1.165) is 55.7 Å². The highest BCUT2D eigenvalue weighted by atomic mass is 35.5. The first-order valence-corrected chi connectivity index (χ1v) is 21.6. The molecule has 17 heteroatoms. The lowest BCUT2D eigenvalue weighted by Gasteiger charge is -2.32. The molecule has 0 spiro atoms. The fourth-order valence-electron chi connectivity index (χ4n) is 7.51. The molecular weight excluding hydrogens is 864 g/mol. The van der Waals surface area contributed by atoms with Gasteiger partial charge in [0.15, 0.2) is 17.5 Å². The van der Waals surface area contributed by atoms with Gasteiger partial charge in [-0.3, -0.25) is 4.90 Å². The van der Waals surface area contributed by atoms with Crippen LogP contribution in [0.1, 0.15) is 16.8 Å². The number of anilines is 1. The molecule has 0 amide bonds. The summed E-state index contributed by atoms with van der Waals surface area (Å²) in [4.78, 5) is 36.6. The van der Waals surface area contributed by atoms with Gasteiger partial charge in [-0.1, -0.05) is 48.0 Å². The first-order chi connectivity index (χ1) is 31.0. The molecule has 4 aromatic carbocycles. The van der Waals surface area contributed by atoms with Crippen LogP contribution in [0, 0.1) is 18.6 Å². The van der Waals surface area contributed by atoms with Crippen LogP contribution in [-0.2, 0) is 17.8 Å². The third-order valence-electron chi connectivity index (χ3n) is 11.0. The van der Waals surface area contributed by atoms with E-state index >= 15 is 0 Å². The Hall–Kier alpha value is -6.46. The fraction of sp³-hybridized carbons (Fsp3) is 0.255. The number of hydrogen-bond acceptors (Lipinski definition) is 13. The van der Waals surface area contributed by atoms with Crippen molar-refractivity contribution in [2.45, 2.75) is 26.1 Å². The van der Waals surface area contributed by atoms with Crippen LogP contribution in [0.3, 0.4) is 0 Å². The molecule has 8 rings (SSSR count). The van der Waals surface area contributed by atoms with Gasteiger partial charge in [0.25, 0.3) is 0 Å². The Bertz CT molecular complexity index is 2800. The van der Waals surface area contributed by atoms with Crippen LogP contribution in [0.15, 0.2) is 91.4 Å². The zero-order chi connectivity index (χ0) is 44.9. The molecular formula is C47H44ClF2N7O6S. The molecule has 0 saturated carbocycles. The van der Waals surface area contributed by atoms with E-state index in [-0.39, 0.29) is 30.2 Å². The number of likely N-dealkylation sites (N-methyl/N-ethyl adjacent to an activating group) is 1. The zero-order valence-corrected chi connectivity index (χ0v) is 36.8. The van der Waals surface area contributed by atoms with Gasteiger partial charge in [0.1, 0.15) is 41.6 Å². The molecule has 0 aliphatic carbocycles. The lowest BCUT2D eigenvalue weighted by atomic mass is 9.95. The van der Waals surface area contributed by atoms with E-state index in [4.69, 9.17) is 36.3 Å². The first kappa shape index (κ1) is 44.2. The highest BCUT2D eigenvalue weighted by molar-refractivity contribution is 7.22. The number of ether oxygens (including phenoxy) is 4. The Morgan fingerprint density at radius 2 is 1.70 bits per heavy atom. The van der Waals surface area contributed by atoms with Crippen molar-refractivity contribution in [3.8, 4) is 56.1 Å². The number of halogens is 3. The van der Waals surface area contributed by atoms with Crippen molar-refractivity contribution in [1.82, 2.24) is 29.7 Å². The maximum atomic E-state index is 15.0. The molecule has 1 atom stereocenters. The molecule has 13 nitrogen and oxygen atoms in total. The number of methoxy groups -OCH3 is 1. The number of fused-ring (bicyclic) bond motifs is 1. The summed E-state index contributed by atoms with van der Waals surface area (Å²) in [6, 6.07) is 22.2. The van der Waals surface area contributed by atoms with Gasteiger partial charge in [0.05, 0.1) is 34.5 Å². The van der Waals surface area contributed by atoms with Crippen LogP contribution >= 0.6 is 22.9 Å². The molecule has 1 aliphatic rings. The van der Waals surface area contributed by atoms with Crippen LogP contribution < -0.4 is 24.7 Å². The summed E-state index contributed by atoms with van der Waals surface area (Å²) in [5.41, 5.74) is 9.35. The molecule has 330 valence electrons. The summed E-state index contributed by atoms with van der Waals surface area (Å²) in [5, 5.41) is 11.3. The minimum Gasteiger partial charge on any atom is -0.496 e. The third-order valence-corrected chi connectivity index (χ3v) is 12.6. The molecule has 4 heterocycles. The second kappa shape index (κ2) is 19.5. The summed E-state index contributed by atoms with van der Waals surface area (Å²) in [6.45, 7) is 6.89. The van der Waals surface area contributed by atoms with Crippen LogP contribution in [0.25, 0.3) is 43.2 Å². The number of carboxylic acids is 1. The Balaban J connectivity index is 1.11. The Labute approximate surface area is 377 Å². The molecule has 1 unspecified atom stereocenters. The molecule has 7 aromatic rings. The van der Waals surface area contributed by atoms with Gasteiger partial charge in [-0.25, -0.2) is 33.5 Å². The smallest absolute Gasteiger partial charge is 0.345 e. The highest BCUT2D eigenvalue weighted by Crippen LogP contribution is 2.50. The first-order valence-electron chi connectivity index (χ1n) is 20.4. The molecule has 0 radical (unpaired) electrons. The van der Waals surface area contributed by atoms with E-state index in [2.05, 4.69) is 36.8 Å². The van der Waals surface area contributed by atoms with Crippen molar-refractivity contribution in [2.24, 2.45) is 0 Å². The molecule has 1 aliphatic heterocycles. The summed E-state index contributed by atoms with van der Waals surface area (Å²) < 4.78 is 53.8. The van der Waals surface area contributed by atoms with E-state index in [9.17, 15) is 18.7 Å². The number of carboxylic acid groups (broad SMARTS) is 1. The van der Waals surface area contributed by atoms with Crippen molar-refractivity contribution in [3.05, 3.63) is 125 Å². The largest absolute Gasteiger partial charge is 0.496 e. The third kappa shape index (κ3) is 9.55. The second-order valence-corrected chi connectivity index (χ2v) is 16.6. The molecule has 1 fully saturated rings. The van der Waals surface area contributed by atoms with E-state index in [0.29, 0.717) is 77.7 Å². The quantitative estimate of drug-likeness (QED) is 0.0890. The zero-order valence-electron chi connectivity index (χ0n) is 35.2. The molecule has 1 saturated heterocycles. The predicted octanol–water partition coefficient (Wildman–Crippen LogP) is 8.59. The van der Waals surface area contributed by atoms with Crippen LogP contribution in [-0.4, -0.2) is 100 Å². The van der Waals surface area contributed by atoms with Gasteiger partial charge in [-0.2, -0.15) is 0 Å².